The predicted molar refractivity (Wildman–Crippen MR) is 49.1 cm³/mol. The molecule has 0 aliphatic carbocycles. The van der Waals surface area contributed by atoms with E-state index in [-0.39, 0.29) is 5.82 Å². The summed E-state index contributed by atoms with van der Waals surface area (Å²) < 4.78 is 18.2. The summed E-state index contributed by atoms with van der Waals surface area (Å²) in [4.78, 5) is 0. The van der Waals surface area contributed by atoms with Gasteiger partial charge >= 0.3 is 0 Å². The van der Waals surface area contributed by atoms with Crippen molar-refractivity contribution >= 4 is 11.6 Å². The van der Waals surface area contributed by atoms with Crippen LogP contribution in [0.3, 0.4) is 0 Å². The Morgan fingerprint density at radius 2 is 2.00 bits per heavy atom. The third-order valence-corrected chi connectivity index (χ3v) is 1.90. The highest BCUT2D eigenvalue weighted by atomic mass is 35.5. The molecule has 0 bridgehead atoms. The zero-order valence-electron chi connectivity index (χ0n) is 6.63. The minimum Gasteiger partial charge on any atom is -0.463 e. The van der Waals surface area contributed by atoms with E-state index in [2.05, 4.69) is 0 Å². The van der Waals surface area contributed by atoms with E-state index in [0.29, 0.717) is 16.3 Å². The molecule has 66 valence electrons. The average molecular weight is 197 g/mol. The normalized spacial score (nSPS) is 10.3. The van der Waals surface area contributed by atoms with Gasteiger partial charge in [-0.2, -0.15) is 0 Å². The van der Waals surface area contributed by atoms with Crippen molar-refractivity contribution in [3.63, 3.8) is 0 Å². The van der Waals surface area contributed by atoms with Gasteiger partial charge in [0.15, 0.2) is 0 Å². The van der Waals surface area contributed by atoms with Gasteiger partial charge in [0.05, 0.1) is 10.6 Å². The molecule has 0 spiro atoms. The van der Waals surface area contributed by atoms with Gasteiger partial charge in [-0.05, 0) is 12.1 Å². The van der Waals surface area contributed by atoms with Crippen LogP contribution in [0.1, 0.15) is 0 Å². The molecular weight excluding hydrogens is 191 g/mol. The van der Waals surface area contributed by atoms with Gasteiger partial charge in [0.25, 0.3) is 0 Å². The second-order valence-electron chi connectivity index (χ2n) is 2.61. The van der Waals surface area contributed by atoms with Gasteiger partial charge in [-0.1, -0.05) is 23.7 Å². The van der Waals surface area contributed by atoms with Crippen molar-refractivity contribution in [3.8, 4) is 11.3 Å². The highest BCUT2D eigenvalue weighted by molar-refractivity contribution is 6.30. The lowest BCUT2D eigenvalue weighted by Gasteiger charge is -1.96. The molecule has 1 aromatic carbocycles. The SMILES string of the molecule is Fc1ccccc1-c1cc(Cl)co1. The Morgan fingerprint density at radius 1 is 1.23 bits per heavy atom. The number of halogens is 2. The molecule has 0 aliphatic heterocycles. The number of hydrogen-bond acceptors (Lipinski definition) is 1. The first kappa shape index (κ1) is 8.32. The molecule has 1 aromatic heterocycles. The van der Waals surface area contributed by atoms with Crippen molar-refractivity contribution in [2.45, 2.75) is 0 Å². The highest BCUT2D eigenvalue weighted by Gasteiger charge is 2.07. The molecular formula is C10H6ClFO. The summed E-state index contributed by atoms with van der Waals surface area (Å²) >= 11 is 5.65. The fraction of sp³-hybridized carbons (Fsp3) is 0. The van der Waals surface area contributed by atoms with Gasteiger partial charge in [-0.3, -0.25) is 0 Å². The van der Waals surface area contributed by atoms with E-state index in [9.17, 15) is 4.39 Å². The van der Waals surface area contributed by atoms with Crippen molar-refractivity contribution < 1.29 is 8.81 Å². The second-order valence-corrected chi connectivity index (χ2v) is 3.05. The van der Waals surface area contributed by atoms with Crippen LogP contribution in [0, 0.1) is 5.82 Å². The number of benzene rings is 1. The molecule has 0 saturated carbocycles. The molecule has 2 aromatic rings. The van der Waals surface area contributed by atoms with Crippen LogP contribution in [0.15, 0.2) is 41.0 Å². The van der Waals surface area contributed by atoms with Gasteiger partial charge in [-0.15, -0.1) is 0 Å². The third kappa shape index (κ3) is 1.58. The standard InChI is InChI=1S/C10H6ClFO/c11-7-5-10(13-6-7)8-3-1-2-4-9(8)12/h1-6H. The van der Waals surface area contributed by atoms with Crippen LogP contribution in [-0.2, 0) is 0 Å². The first-order chi connectivity index (χ1) is 6.27. The molecule has 0 amide bonds. The average Bonchev–Trinajstić information content (AvgIpc) is 2.53. The van der Waals surface area contributed by atoms with Crippen LogP contribution in [0.2, 0.25) is 5.02 Å². The lowest BCUT2D eigenvalue weighted by atomic mass is 10.2. The predicted octanol–water partition coefficient (Wildman–Crippen LogP) is 3.74. The second kappa shape index (κ2) is 3.23. The third-order valence-electron chi connectivity index (χ3n) is 1.71. The summed E-state index contributed by atoms with van der Waals surface area (Å²) in [6.07, 6.45) is 1.38. The summed E-state index contributed by atoms with van der Waals surface area (Å²) in [5, 5.41) is 0.471. The van der Waals surface area contributed by atoms with Crippen LogP contribution in [0.4, 0.5) is 4.39 Å². The fourth-order valence-corrected chi connectivity index (χ4v) is 1.26. The van der Waals surface area contributed by atoms with Crippen molar-refractivity contribution in [1.29, 1.82) is 0 Å². The minimum atomic E-state index is -0.312. The van der Waals surface area contributed by atoms with Crippen LogP contribution >= 0.6 is 11.6 Å². The summed E-state index contributed by atoms with van der Waals surface area (Å²) in [5.74, 6) is 0.136. The Balaban J connectivity index is 2.52. The van der Waals surface area contributed by atoms with E-state index in [4.69, 9.17) is 16.0 Å². The van der Waals surface area contributed by atoms with Gasteiger partial charge < -0.3 is 4.42 Å². The lowest BCUT2D eigenvalue weighted by Crippen LogP contribution is -1.79. The fourth-order valence-electron chi connectivity index (χ4n) is 1.12. The molecule has 0 fully saturated rings. The van der Waals surface area contributed by atoms with E-state index in [0.717, 1.165) is 0 Å². The first-order valence-electron chi connectivity index (χ1n) is 3.76. The van der Waals surface area contributed by atoms with Gasteiger partial charge in [0.1, 0.15) is 17.8 Å². The summed E-state index contributed by atoms with van der Waals surface area (Å²) in [7, 11) is 0. The van der Waals surface area contributed by atoms with Crippen molar-refractivity contribution in [1.82, 2.24) is 0 Å². The van der Waals surface area contributed by atoms with Crippen LogP contribution in [0.5, 0.6) is 0 Å². The summed E-state index contributed by atoms with van der Waals surface area (Å²) in [5.41, 5.74) is 0.425. The molecule has 0 aliphatic rings. The molecule has 0 N–H and O–H groups in total. The molecule has 1 nitrogen and oxygen atoms in total. The van der Waals surface area contributed by atoms with Crippen molar-refractivity contribution in [2.24, 2.45) is 0 Å². The Kier molecular flexibility index (Phi) is 2.07. The Labute approximate surface area is 79.8 Å². The Hall–Kier alpha value is -1.28. The Morgan fingerprint density at radius 3 is 2.62 bits per heavy atom. The zero-order valence-corrected chi connectivity index (χ0v) is 7.38. The molecule has 13 heavy (non-hydrogen) atoms. The van der Waals surface area contributed by atoms with E-state index in [1.807, 2.05) is 0 Å². The molecule has 1 heterocycles. The molecule has 0 unspecified atom stereocenters. The molecule has 0 saturated heterocycles. The number of furan rings is 1. The molecule has 0 atom stereocenters. The molecule has 3 heteroatoms. The zero-order chi connectivity index (χ0) is 9.26. The van der Waals surface area contributed by atoms with E-state index in [1.165, 1.54) is 12.3 Å². The first-order valence-corrected chi connectivity index (χ1v) is 4.14. The minimum absolute atomic E-state index is 0.312. The maximum atomic E-state index is 13.2. The molecule has 2 rings (SSSR count). The van der Waals surface area contributed by atoms with E-state index < -0.39 is 0 Å². The maximum Gasteiger partial charge on any atom is 0.138 e. The Bertz CT molecular complexity index is 422. The van der Waals surface area contributed by atoms with Crippen LogP contribution in [-0.4, -0.2) is 0 Å². The monoisotopic (exact) mass is 196 g/mol. The topological polar surface area (TPSA) is 13.1 Å². The van der Waals surface area contributed by atoms with Crippen LogP contribution < -0.4 is 0 Å². The molecule has 0 radical (unpaired) electrons. The van der Waals surface area contributed by atoms with Gasteiger partial charge in [-0.25, -0.2) is 4.39 Å². The van der Waals surface area contributed by atoms with E-state index in [1.54, 1.807) is 24.3 Å². The van der Waals surface area contributed by atoms with E-state index >= 15 is 0 Å². The van der Waals surface area contributed by atoms with Crippen molar-refractivity contribution in [3.05, 3.63) is 47.4 Å². The lowest BCUT2D eigenvalue weighted by molar-refractivity contribution is 0.569. The van der Waals surface area contributed by atoms with Crippen molar-refractivity contribution in [2.75, 3.05) is 0 Å². The smallest absolute Gasteiger partial charge is 0.138 e. The van der Waals surface area contributed by atoms with Gasteiger partial charge in [0.2, 0.25) is 0 Å². The number of rotatable bonds is 1. The van der Waals surface area contributed by atoms with Gasteiger partial charge in [0, 0.05) is 6.07 Å². The maximum absolute atomic E-state index is 13.2. The number of hydrogen-bond donors (Lipinski definition) is 0. The quantitative estimate of drug-likeness (QED) is 0.677. The van der Waals surface area contributed by atoms with Crippen LogP contribution in [0.25, 0.3) is 11.3 Å². The largest absolute Gasteiger partial charge is 0.463 e. The summed E-state index contributed by atoms with van der Waals surface area (Å²) in [6.45, 7) is 0. The highest BCUT2D eigenvalue weighted by Crippen LogP contribution is 2.26. The summed E-state index contributed by atoms with van der Waals surface area (Å²) in [6, 6.07) is 7.98.